The lowest BCUT2D eigenvalue weighted by molar-refractivity contribution is 0.134. The number of amides is 1. The molecular weight excluding hydrogens is 440 g/mol. The van der Waals surface area contributed by atoms with Gasteiger partial charge >= 0.3 is 6.09 Å². The predicted octanol–water partition coefficient (Wildman–Crippen LogP) is 2.45. The number of anilines is 1. The highest BCUT2D eigenvalue weighted by molar-refractivity contribution is 5.90. The van der Waals surface area contributed by atoms with Gasteiger partial charge in [0, 0.05) is 18.2 Å². The van der Waals surface area contributed by atoms with Gasteiger partial charge in [0.1, 0.15) is 19.3 Å². The molecule has 2 aliphatic heterocycles. The van der Waals surface area contributed by atoms with Gasteiger partial charge < -0.3 is 29.4 Å². The van der Waals surface area contributed by atoms with E-state index in [-0.39, 0.29) is 12.2 Å². The lowest BCUT2D eigenvalue weighted by atomic mass is 10.1. The molecule has 2 atom stereocenters. The average Bonchev–Trinajstić information content (AvgIpc) is 3.25. The van der Waals surface area contributed by atoms with Crippen molar-refractivity contribution in [3.05, 3.63) is 48.2 Å². The molecule has 0 aliphatic carbocycles. The van der Waals surface area contributed by atoms with Gasteiger partial charge in [-0.2, -0.15) is 0 Å². The number of fused-ring (bicyclic) bond motifs is 2. The van der Waals surface area contributed by atoms with Crippen LogP contribution < -0.4 is 24.4 Å². The van der Waals surface area contributed by atoms with E-state index < -0.39 is 6.10 Å². The molecule has 0 saturated carbocycles. The molecule has 2 aliphatic rings. The summed E-state index contributed by atoms with van der Waals surface area (Å²) in [5.74, 6) is 1.70. The molecule has 10 nitrogen and oxygen atoms in total. The maximum absolute atomic E-state index is 12.4. The van der Waals surface area contributed by atoms with Crippen LogP contribution in [0.15, 0.2) is 42.6 Å². The first-order valence-electron chi connectivity index (χ1n) is 11.2. The minimum Gasteiger partial charge on any atom is -0.486 e. The number of carbonyl (C=O) groups is 1. The Labute approximate surface area is 196 Å². The van der Waals surface area contributed by atoms with Crippen LogP contribution in [0.4, 0.5) is 10.5 Å². The van der Waals surface area contributed by atoms with Crippen molar-refractivity contribution in [1.82, 2.24) is 15.3 Å². The summed E-state index contributed by atoms with van der Waals surface area (Å²) in [5, 5.41) is 14.0. The zero-order valence-corrected chi connectivity index (χ0v) is 18.8. The Bertz CT molecular complexity index is 1190. The molecular formula is C24H26N4O6. The molecule has 2 N–H and O–H groups in total. The van der Waals surface area contributed by atoms with Crippen LogP contribution in [0.2, 0.25) is 0 Å². The van der Waals surface area contributed by atoms with Crippen LogP contribution in [0.5, 0.6) is 17.4 Å². The quantitative estimate of drug-likeness (QED) is 0.483. The zero-order valence-electron chi connectivity index (χ0n) is 18.8. The van der Waals surface area contributed by atoms with Crippen molar-refractivity contribution in [3.63, 3.8) is 0 Å². The number of cyclic esters (lactones) is 1. The van der Waals surface area contributed by atoms with E-state index in [1.165, 1.54) is 7.11 Å². The van der Waals surface area contributed by atoms with Crippen molar-refractivity contribution >= 4 is 22.8 Å². The Hall–Kier alpha value is -3.63. The van der Waals surface area contributed by atoms with Crippen LogP contribution in [0, 0.1) is 0 Å². The third kappa shape index (κ3) is 4.55. The fraction of sp³-hybridized carbons (Fsp3) is 0.375. The minimum absolute atomic E-state index is 0.252. The van der Waals surface area contributed by atoms with Crippen molar-refractivity contribution in [1.29, 1.82) is 0 Å². The molecule has 0 spiro atoms. The van der Waals surface area contributed by atoms with Gasteiger partial charge in [0.15, 0.2) is 11.5 Å². The highest BCUT2D eigenvalue weighted by atomic mass is 16.6. The first kappa shape index (κ1) is 22.2. The van der Waals surface area contributed by atoms with Crippen molar-refractivity contribution in [2.45, 2.75) is 18.6 Å². The maximum Gasteiger partial charge on any atom is 0.414 e. The summed E-state index contributed by atoms with van der Waals surface area (Å²) >= 11 is 0. The number of benzene rings is 2. The third-order valence-corrected chi connectivity index (χ3v) is 5.84. The Kier molecular flexibility index (Phi) is 6.33. The van der Waals surface area contributed by atoms with Gasteiger partial charge in [-0.3, -0.25) is 4.90 Å². The third-order valence-electron chi connectivity index (χ3n) is 5.84. The normalized spacial score (nSPS) is 18.1. The molecule has 178 valence electrons. The van der Waals surface area contributed by atoms with Gasteiger partial charge in [-0.25, -0.2) is 14.8 Å². The number of carbonyl (C=O) groups excluding carboxylic acids is 1. The van der Waals surface area contributed by atoms with Gasteiger partial charge in [-0.1, -0.05) is 12.1 Å². The molecule has 2 aromatic carbocycles. The second-order valence-electron chi connectivity index (χ2n) is 8.08. The molecule has 5 rings (SSSR count). The van der Waals surface area contributed by atoms with Crippen LogP contribution in [0.3, 0.4) is 0 Å². The number of aliphatic hydroxyl groups is 1. The smallest absolute Gasteiger partial charge is 0.414 e. The molecule has 3 heterocycles. The average molecular weight is 466 g/mol. The number of ether oxygens (including phenoxy) is 4. The highest BCUT2D eigenvalue weighted by Crippen LogP contribution is 2.35. The Morgan fingerprint density at radius 2 is 2.09 bits per heavy atom. The lowest BCUT2D eigenvalue weighted by Crippen LogP contribution is -2.28. The van der Waals surface area contributed by atoms with Gasteiger partial charge in [0.25, 0.3) is 0 Å². The van der Waals surface area contributed by atoms with Crippen molar-refractivity contribution in [2.75, 3.05) is 44.9 Å². The van der Waals surface area contributed by atoms with E-state index in [1.54, 1.807) is 23.2 Å². The number of nitrogens with one attached hydrogen (secondary N) is 1. The van der Waals surface area contributed by atoms with E-state index in [4.69, 9.17) is 18.9 Å². The molecule has 10 heteroatoms. The first-order chi connectivity index (χ1) is 16.6. The van der Waals surface area contributed by atoms with Gasteiger partial charge in [-0.15, -0.1) is 0 Å². The Morgan fingerprint density at radius 3 is 2.94 bits per heavy atom. The van der Waals surface area contributed by atoms with Crippen LogP contribution in [0.1, 0.15) is 18.1 Å². The minimum atomic E-state index is -0.773. The lowest BCUT2D eigenvalue weighted by Gasteiger charge is -2.21. The second kappa shape index (κ2) is 9.70. The number of nitrogens with zero attached hydrogens (tertiary/aromatic N) is 3. The second-order valence-corrected chi connectivity index (χ2v) is 8.08. The summed E-state index contributed by atoms with van der Waals surface area (Å²) in [5.41, 5.74) is 2.69. The summed E-state index contributed by atoms with van der Waals surface area (Å²) < 4.78 is 21.8. The molecule has 0 radical (unpaired) electrons. The molecule has 0 bridgehead atoms. The van der Waals surface area contributed by atoms with Crippen LogP contribution in [-0.4, -0.2) is 67.2 Å². The number of aromatic nitrogens is 2. The van der Waals surface area contributed by atoms with Crippen LogP contribution in [0.25, 0.3) is 11.0 Å². The van der Waals surface area contributed by atoms with Gasteiger partial charge in [0.05, 0.1) is 42.7 Å². The van der Waals surface area contributed by atoms with E-state index in [2.05, 4.69) is 15.3 Å². The number of rotatable bonds is 8. The van der Waals surface area contributed by atoms with Gasteiger partial charge in [0.2, 0.25) is 5.88 Å². The predicted molar refractivity (Wildman–Crippen MR) is 124 cm³/mol. The summed E-state index contributed by atoms with van der Waals surface area (Å²) in [7, 11) is 1.53. The van der Waals surface area contributed by atoms with Crippen LogP contribution in [-0.2, 0) is 4.74 Å². The summed E-state index contributed by atoms with van der Waals surface area (Å²) in [6.07, 6.45) is 0.754. The fourth-order valence-corrected chi connectivity index (χ4v) is 4.10. The number of hydrogen-bond acceptors (Lipinski definition) is 9. The van der Waals surface area contributed by atoms with E-state index in [0.717, 1.165) is 0 Å². The summed E-state index contributed by atoms with van der Waals surface area (Å²) in [4.78, 5) is 22.7. The molecule has 1 saturated heterocycles. The number of aliphatic hydroxyl groups excluding tert-OH is 1. The van der Waals surface area contributed by atoms with Crippen molar-refractivity contribution < 1.29 is 28.8 Å². The molecule has 1 amide bonds. The molecule has 34 heavy (non-hydrogen) atoms. The standard InChI is InChI=1S/C24H26N4O6/c1-31-22-13-26-18-4-2-3-17(23(18)27-22)19(29)12-25-8-7-16-14-28(24(30)34-16)15-5-6-20-21(11-15)33-10-9-32-20/h2-6,11,13,16,19,25,29H,7-10,12,14H2,1H3. The van der Waals surface area contributed by atoms with Crippen molar-refractivity contribution in [3.8, 4) is 17.4 Å². The highest BCUT2D eigenvalue weighted by Gasteiger charge is 2.32. The molecule has 2 unspecified atom stereocenters. The van der Waals surface area contributed by atoms with E-state index in [1.807, 2.05) is 24.3 Å². The number of para-hydroxylation sites is 1. The maximum atomic E-state index is 12.4. The van der Waals surface area contributed by atoms with E-state index >= 15 is 0 Å². The molecule has 1 fully saturated rings. The first-order valence-corrected chi connectivity index (χ1v) is 11.2. The summed E-state index contributed by atoms with van der Waals surface area (Å²) in [6, 6.07) is 10.9. The fourth-order valence-electron chi connectivity index (χ4n) is 4.10. The number of hydrogen-bond donors (Lipinski definition) is 2. The summed E-state index contributed by atoms with van der Waals surface area (Å²) in [6.45, 7) is 2.35. The van der Waals surface area contributed by atoms with Crippen LogP contribution >= 0.6 is 0 Å². The monoisotopic (exact) mass is 466 g/mol. The molecule has 3 aromatic rings. The zero-order chi connectivity index (χ0) is 23.5. The Morgan fingerprint density at radius 1 is 1.24 bits per heavy atom. The van der Waals surface area contributed by atoms with E-state index in [9.17, 15) is 9.90 Å². The SMILES string of the molecule is COc1cnc2cccc(C(O)CNCCC3CN(c4ccc5c(c4)OCCO5)C(=O)O3)c2n1. The topological polar surface area (TPSA) is 115 Å². The van der Waals surface area contributed by atoms with Crippen molar-refractivity contribution in [2.24, 2.45) is 0 Å². The van der Waals surface area contributed by atoms with Gasteiger partial charge in [-0.05, 0) is 31.2 Å². The number of methoxy groups -OCH3 is 1. The Balaban J connectivity index is 1.14. The molecule has 1 aromatic heterocycles. The van der Waals surface area contributed by atoms with E-state index in [0.29, 0.717) is 78.9 Å². The largest absolute Gasteiger partial charge is 0.486 e.